The van der Waals surface area contributed by atoms with E-state index in [0.717, 1.165) is 34.0 Å². The standard InChI is InChI=1S/C39H42F2N6O3S/c1-6-31-35(30-13-12-29(24(2)34(30)41)36-43-32(23-51-36)25-7-9-27(40)10-8-25)47-22-28(11-14-33(47)42-31)44-17-19-45(20-18-44)37(48)26-15-16-46(21-26)38(49)50-39(3,4)5/h7-14,22-23,26H,6,15-21H2,1-5H3. The lowest BCUT2D eigenvalue weighted by molar-refractivity contribution is -0.135. The van der Waals surface area contributed by atoms with E-state index in [-0.39, 0.29) is 29.6 Å². The Bertz CT molecular complexity index is 2100. The van der Waals surface area contributed by atoms with E-state index in [1.165, 1.54) is 23.5 Å². The molecule has 1 unspecified atom stereocenters. The van der Waals surface area contributed by atoms with Crippen LogP contribution >= 0.6 is 11.3 Å². The lowest BCUT2D eigenvalue weighted by atomic mass is 10.0. The maximum Gasteiger partial charge on any atom is 0.410 e. The van der Waals surface area contributed by atoms with Gasteiger partial charge in [-0.05, 0) is 88.6 Å². The number of fused-ring (bicyclic) bond motifs is 1. The average Bonchev–Trinajstić information content (AvgIpc) is 3.88. The molecule has 9 nitrogen and oxygen atoms in total. The highest BCUT2D eigenvalue weighted by Gasteiger charge is 2.36. The summed E-state index contributed by atoms with van der Waals surface area (Å²) in [7, 11) is 0. The molecule has 1 atom stereocenters. The average molecular weight is 713 g/mol. The van der Waals surface area contributed by atoms with Gasteiger partial charge in [-0.15, -0.1) is 11.3 Å². The first-order chi connectivity index (χ1) is 24.4. The predicted molar refractivity (Wildman–Crippen MR) is 196 cm³/mol. The minimum absolute atomic E-state index is 0.0827. The highest BCUT2D eigenvalue weighted by Crippen LogP contribution is 2.37. The zero-order valence-electron chi connectivity index (χ0n) is 29.6. The van der Waals surface area contributed by atoms with Gasteiger partial charge >= 0.3 is 6.09 Å². The van der Waals surface area contributed by atoms with Gasteiger partial charge in [0.2, 0.25) is 5.91 Å². The van der Waals surface area contributed by atoms with Gasteiger partial charge in [-0.2, -0.15) is 0 Å². The van der Waals surface area contributed by atoms with E-state index in [2.05, 4.69) is 4.90 Å². The molecule has 51 heavy (non-hydrogen) atoms. The van der Waals surface area contributed by atoms with Crippen molar-refractivity contribution in [2.24, 2.45) is 5.92 Å². The highest BCUT2D eigenvalue weighted by molar-refractivity contribution is 7.13. The Morgan fingerprint density at radius 1 is 0.922 bits per heavy atom. The lowest BCUT2D eigenvalue weighted by Gasteiger charge is -2.37. The van der Waals surface area contributed by atoms with Crippen molar-refractivity contribution in [1.29, 1.82) is 0 Å². The maximum absolute atomic E-state index is 16.4. The van der Waals surface area contributed by atoms with Gasteiger partial charge in [-0.25, -0.2) is 23.5 Å². The first kappa shape index (κ1) is 34.6. The number of hydrogen-bond donors (Lipinski definition) is 0. The third-order valence-corrected chi connectivity index (χ3v) is 10.5. The molecule has 2 fully saturated rings. The monoisotopic (exact) mass is 712 g/mol. The second-order valence-corrected chi connectivity index (χ2v) is 15.1. The molecular formula is C39H42F2N6O3S. The second kappa shape index (κ2) is 13.7. The Hall–Kier alpha value is -4.84. The molecule has 0 spiro atoms. The number of ether oxygens (including phenoxy) is 1. The fourth-order valence-corrected chi connectivity index (χ4v) is 7.86. The number of amides is 2. The molecule has 2 aliphatic heterocycles. The summed E-state index contributed by atoms with van der Waals surface area (Å²) in [6.07, 6.45) is 2.91. The topological polar surface area (TPSA) is 83.3 Å². The van der Waals surface area contributed by atoms with Crippen molar-refractivity contribution in [3.63, 3.8) is 0 Å². The van der Waals surface area contributed by atoms with Crippen LogP contribution in [0.15, 0.2) is 60.1 Å². The van der Waals surface area contributed by atoms with Crippen molar-refractivity contribution in [2.75, 3.05) is 44.2 Å². The van der Waals surface area contributed by atoms with E-state index in [1.807, 2.05) is 72.8 Å². The van der Waals surface area contributed by atoms with Crippen LogP contribution in [-0.4, -0.2) is 81.0 Å². The van der Waals surface area contributed by atoms with Crippen LogP contribution in [0.4, 0.5) is 19.3 Å². The number of thiazole rings is 1. The van der Waals surface area contributed by atoms with Crippen LogP contribution in [0.25, 0.3) is 38.7 Å². The fraction of sp³-hybridized carbons (Fsp3) is 0.385. The molecule has 7 rings (SSSR count). The van der Waals surface area contributed by atoms with Crippen molar-refractivity contribution in [3.8, 4) is 33.1 Å². The SMILES string of the molecule is CCc1nc2ccc(N3CCN(C(=O)C4CCN(C(=O)OC(C)(C)C)C4)CC3)cn2c1-c1ccc(-c2nc(-c3ccc(F)cc3)cs2)c(C)c1F. The number of imidazole rings is 1. The van der Waals surface area contributed by atoms with Crippen LogP contribution < -0.4 is 4.90 Å². The largest absolute Gasteiger partial charge is 0.444 e. The highest BCUT2D eigenvalue weighted by atomic mass is 32.1. The molecule has 3 aromatic heterocycles. The smallest absolute Gasteiger partial charge is 0.410 e. The van der Waals surface area contributed by atoms with Gasteiger partial charge in [0.25, 0.3) is 0 Å². The van der Waals surface area contributed by atoms with Gasteiger partial charge < -0.3 is 19.4 Å². The molecule has 0 aliphatic carbocycles. The zero-order chi connectivity index (χ0) is 36.0. The first-order valence-corrected chi connectivity index (χ1v) is 18.3. The van der Waals surface area contributed by atoms with Crippen LogP contribution in [0.1, 0.15) is 45.4 Å². The van der Waals surface area contributed by atoms with E-state index < -0.39 is 5.60 Å². The number of nitrogens with zero attached hydrogens (tertiary/aromatic N) is 6. The van der Waals surface area contributed by atoms with Crippen molar-refractivity contribution in [2.45, 2.75) is 53.1 Å². The van der Waals surface area contributed by atoms with E-state index in [4.69, 9.17) is 14.7 Å². The molecule has 12 heteroatoms. The summed E-state index contributed by atoms with van der Waals surface area (Å²) < 4.78 is 37.3. The van der Waals surface area contributed by atoms with Gasteiger partial charge in [-0.3, -0.25) is 9.20 Å². The summed E-state index contributed by atoms with van der Waals surface area (Å²) in [5, 5.41) is 2.60. The Kier molecular flexibility index (Phi) is 9.30. The predicted octanol–water partition coefficient (Wildman–Crippen LogP) is 7.85. The summed E-state index contributed by atoms with van der Waals surface area (Å²) in [6, 6.07) is 13.9. The molecular weight excluding hydrogens is 671 g/mol. The molecule has 2 aliphatic rings. The Morgan fingerprint density at radius 2 is 1.65 bits per heavy atom. The van der Waals surface area contributed by atoms with Crippen LogP contribution in [0.2, 0.25) is 0 Å². The van der Waals surface area contributed by atoms with Crippen molar-refractivity contribution in [3.05, 3.63) is 83.0 Å². The second-order valence-electron chi connectivity index (χ2n) is 14.2. The number of benzene rings is 2. The lowest BCUT2D eigenvalue weighted by Crippen LogP contribution is -2.50. The molecule has 5 aromatic rings. The maximum atomic E-state index is 16.4. The number of anilines is 1. The quantitative estimate of drug-likeness (QED) is 0.178. The number of rotatable bonds is 6. The summed E-state index contributed by atoms with van der Waals surface area (Å²) in [6.45, 7) is 12.7. The number of carbonyl (C=O) groups is 2. The molecule has 0 N–H and O–H groups in total. The van der Waals surface area contributed by atoms with E-state index in [0.29, 0.717) is 73.8 Å². The van der Waals surface area contributed by atoms with E-state index in [1.54, 1.807) is 24.0 Å². The van der Waals surface area contributed by atoms with E-state index in [9.17, 15) is 14.0 Å². The first-order valence-electron chi connectivity index (χ1n) is 17.4. The Balaban J connectivity index is 1.08. The number of halogens is 2. The minimum atomic E-state index is -0.577. The molecule has 266 valence electrons. The number of likely N-dealkylation sites (tertiary alicyclic amines) is 1. The fourth-order valence-electron chi connectivity index (χ4n) is 6.95. The summed E-state index contributed by atoms with van der Waals surface area (Å²) in [4.78, 5) is 41.3. The third kappa shape index (κ3) is 6.93. The van der Waals surface area contributed by atoms with Crippen molar-refractivity contribution < 1.29 is 23.1 Å². The normalized spacial score (nSPS) is 16.7. The number of aryl methyl sites for hydroxylation is 1. The van der Waals surface area contributed by atoms with Gasteiger partial charge in [-0.1, -0.05) is 13.0 Å². The summed E-state index contributed by atoms with van der Waals surface area (Å²) in [5.41, 5.74) is 5.86. The van der Waals surface area contributed by atoms with Gasteiger partial charge in [0.1, 0.15) is 27.9 Å². The molecule has 2 aromatic carbocycles. The number of aromatic nitrogens is 3. The third-order valence-electron chi connectivity index (χ3n) is 9.67. The number of piperazine rings is 1. The van der Waals surface area contributed by atoms with Crippen LogP contribution in [0.3, 0.4) is 0 Å². The van der Waals surface area contributed by atoms with Crippen molar-refractivity contribution >= 4 is 34.7 Å². The van der Waals surface area contributed by atoms with Gasteiger partial charge in [0.15, 0.2) is 0 Å². The number of carbonyl (C=O) groups excluding carboxylic acids is 2. The van der Waals surface area contributed by atoms with Crippen LogP contribution in [0, 0.1) is 24.5 Å². The number of hydrogen-bond acceptors (Lipinski definition) is 7. The molecule has 2 saturated heterocycles. The molecule has 2 amide bonds. The Morgan fingerprint density at radius 3 is 2.35 bits per heavy atom. The molecule has 0 saturated carbocycles. The zero-order valence-corrected chi connectivity index (χ0v) is 30.4. The molecule has 0 bridgehead atoms. The van der Waals surface area contributed by atoms with Gasteiger partial charge in [0.05, 0.1) is 28.7 Å². The summed E-state index contributed by atoms with van der Waals surface area (Å²) in [5.74, 6) is -0.770. The summed E-state index contributed by atoms with van der Waals surface area (Å²) >= 11 is 1.43. The van der Waals surface area contributed by atoms with Gasteiger partial charge in [0, 0.05) is 67.5 Å². The Labute approximate surface area is 300 Å². The van der Waals surface area contributed by atoms with Crippen LogP contribution in [0.5, 0.6) is 0 Å². The number of pyridine rings is 1. The molecule has 5 heterocycles. The van der Waals surface area contributed by atoms with E-state index >= 15 is 4.39 Å². The minimum Gasteiger partial charge on any atom is -0.444 e. The van der Waals surface area contributed by atoms with Crippen molar-refractivity contribution in [1.82, 2.24) is 24.2 Å². The van der Waals surface area contributed by atoms with Crippen LogP contribution in [-0.2, 0) is 16.0 Å². The molecule has 0 radical (unpaired) electrons.